The molecule has 0 aliphatic heterocycles. The summed E-state index contributed by atoms with van der Waals surface area (Å²) in [6.07, 6.45) is 3.35. The number of methoxy groups -OCH3 is 1. The molecule has 0 spiro atoms. The van der Waals surface area contributed by atoms with Crippen LogP contribution in [0.5, 0.6) is 5.75 Å². The van der Waals surface area contributed by atoms with Crippen LogP contribution >= 0.6 is 0 Å². The standard InChI is InChI=1S/C25H24N6O2/c1-17-18(2)30(14-20-7-5-4-6-8-20)24-23(17)25-28-22(29-31(25)16-26-24)15-33-27-13-19-9-11-21(32-3)12-10-19/h4-13,16H,14-15H2,1-3H3/b27-13+. The number of benzene rings is 2. The molecule has 0 saturated heterocycles. The van der Waals surface area contributed by atoms with Gasteiger partial charge in [-0.3, -0.25) is 0 Å². The summed E-state index contributed by atoms with van der Waals surface area (Å²) >= 11 is 0. The van der Waals surface area contributed by atoms with E-state index in [1.807, 2.05) is 30.3 Å². The van der Waals surface area contributed by atoms with Crippen LogP contribution in [0.25, 0.3) is 16.7 Å². The minimum Gasteiger partial charge on any atom is -0.497 e. The SMILES string of the molecule is COc1ccc(/C=N/OCc2nc3c4c(C)c(C)n(Cc5ccccc5)c4ncn3n2)cc1. The lowest BCUT2D eigenvalue weighted by Crippen LogP contribution is -2.03. The lowest BCUT2D eigenvalue weighted by molar-refractivity contribution is 0.126. The van der Waals surface area contributed by atoms with Crippen LogP contribution in [0.15, 0.2) is 66.1 Å². The van der Waals surface area contributed by atoms with Crippen molar-refractivity contribution in [2.45, 2.75) is 27.0 Å². The number of nitrogens with zero attached hydrogens (tertiary/aromatic N) is 6. The molecule has 3 heterocycles. The third kappa shape index (κ3) is 4.03. The normalized spacial score (nSPS) is 11.6. The fraction of sp³-hybridized carbons (Fsp3) is 0.200. The molecule has 8 nitrogen and oxygen atoms in total. The first-order chi connectivity index (χ1) is 16.1. The van der Waals surface area contributed by atoms with Gasteiger partial charge in [-0.05, 0) is 54.8 Å². The van der Waals surface area contributed by atoms with E-state index in [2.05, 4.69) is 52.9 Å². The molecule has 5 aromatic rings. The predicted molar refractivity (Wildman–Crippen MR) is 127 cm³/mol. The quantitative estimate of drug-likeness (QED) is 0.278. The van der Waals surface area contributed by atoms with Gasteiger partial charge in [0.15, 0.2) is 18.1 Å². The van der Waals surface area contributed by atoms with Crippen molar-refractivity contribution in [1.82, 2.24) is 24.1 Å². The molecule has 0 bridgehead atoms. The Morgan fingerprint density at radius 3 is 2.55 bits per heavy atom. The molecule has 0 aliphatic rings. The molecule has 0 radical (unpaired) electrons. The molecule has 0 saturated carbocycles. The number of oxime groups is 1. The summed E-state index contributed by atoms with van der Waals surface area (Å²) in [5.74, 6) is 1.34. The van der Waals surface area contributed by atoms with Crippen molar-refractivity contribution in [3.63, 3.8) is 0 Å². The Labute approximate surface area is 191 Å². The fourth-order valence-electron chi connectivity index (χ4n) is 3.88. The van der Waals surface area contributed by atoms with Crippen molar-refractivity contribution >= 4 is 22.9 Å². The van der Waals surface area contributed by atoms with E-state index in [9.17, 15) is 0 Å². The van der Waals surface area contributed by atoms with Gasteiger partial charge in [-0.25, -0.2) is 14.5 Å². The number of hydrogen-bond donors (Lipinski definition) is 0. The Bertz CT molecular complexity index is 1440. The molecule has 0 aliphatic carbocycles. The van der Waals surface area contributed by atoms with Gasteiger partial charge in [0, 0.05) is 12.2 Å². The second-order valence-electron chi connectivity index (χ2n) is 7.80. The highest BCUT2D eigenvalue weighted by Gasteiger charge is 2.18. The minimum absolute atomic E-state index is 0.165. The van der Waals surface area contributed by atoms with E-state index >= 15 is 0 Å². The molecule has 2 aromatic carbocycles. The molecular formula is C25H24N6O2. The van der Waals surface area contributed by atoms with Crippen molar-refractivity contribution < 1.29 is 9.57 Å². The number of hydrogen-bond acceptors (Lipinski definition) is 6. The molecule has 0 fully saturated rings. The zero-order valence-corrected chi connectivity index (χ0v) is 18.8. The Morgan fingerprint density at radius 2 is 1.79 bits per heavy atom. The molecule has 33 heavy (non-hydrogen) atoms. The predicted octanol–water partition coefficient (Wildman–Crippen LogP) is 4.30. The molecule has 0 N–H and O–H groups in total. The molecule has 5 rings (SSSR count). The number of aryl methyl sites for hydroxylation is 1. The summed E-state index contributed by atoms with van der Waals surface area (Å²) in [4.78, 5) is 14.8. The minimum atomic E-state index is 0.165. The molecule has 0 atom stereocenters. The zero-order chi connectivity index (χ0) is 22.8. The van der Waals surface area contributed by atoms with Crippen LogP contribution in [-0.2, 0) is 18.0 Å². The molecule has 0 amide bonds. The van der Waals surface area contributed by atoms with E-state index in [1.54, 1.807) is 24.2 Å². The van der Waals surface area contributed by atoms with Gasteiger partial charge in [0.2, 0.25) is 0 Å². The summed E-state index contributed by atoms with van der Waals surface area (Å²) in [6, 6.07) is 17.9. The second-order valence-corrected chi connectivity index (χ2v) is 7.80. The van der Waals surface area contributed by atoms with E-state index < -0.39 is 0 Å². The first kappa shape index (κ1) is 20.7. The summed E-state index contributed by atoms with van der Waals surface area (Å²) in [5.41, 5.74) is 6.12. The van der Waals surface area contributed by atoms with E-state index in [4.69, 9.17) is 19.5 Å². The van der Waals surface area contributed by atoms with Crippen molar-refractivity contribution in [3.8, 4) is 5.75 Å². The topological polar surface area (TPSA) is 78.8 Å². The first-order valence-corrected chi connectivity index (χ1v) is 10.7. The Morgan fingerprint density at radius 1 is 1.00 bits per heavy atom. The molecule has 3 aromatic heterocycles. The van der Waals surface area contributed by atoms with E-state index in [0.29, 0.717) is 5.82 Å². The monoisotopic (exact) mass is 440 g/mol. The molecule has 0 unspecified atom stereocenters. The van der Waals surface area contributed by atoms with Gasteiger partial charge < -0.3 is 14.1 Å². The van der Waals surface area contributed by atoms with Gasteiger partial charge in [-0.15, -0.1) is 5.10 Å². The van der Waals surface area contributed by atoms with Crippen LogP contribution < -0.4 is 4.74 Å². The third-order valence-electron chi connectivity index (χ3n) is 5.76. The van der Waals surface area contributed by atoms with Gasteiger partial charge in [-0.1, -0.05) is 35.5 Å². The highest BCUT2D eigenvalue weighted by atomic mass is 16.6. The maximum Gasteiger partial charge on any atom is 0.192 e. The summed E-state index contributed by atoms with van der Waals surface area (Å²) in [7, 11) is 1.64. The van der Waals surface area contributed by atoms with Gasteiger partial charge in [0.05, 0.1) is 18.7 Å². The van der Waals surface area contributed by atoms with E-state index in [1.165, 1.54) is 11.3 Å². The average molecular weight is 441 g/mol. The first-order valence-electron chi connectivity index (χ1n) is 10.7. The van der Waals surface area contributed by atoms with Crippen LogP contribution in [0.3, 0.4) is 0 Å². The number of fused-ring (bicyclic) bond motifs is 3. The summed E-state index contributed by atoms with van der Waals surface area (Å²) < 4.78 is 9.09. The maximum atomic E-state index is 5.43. The lowest BCUT2D eigenvalue weighted by Gasteiger charge is -2.07. The largest absolute Gasteiger partial charge is 0.497 e. The molecular weight excluding hydrogens is 416 g/mol. The maximum absolute atomic E-state index is 5.43. The van der Waals surface area contributed by atoms with Gasteiger partial charge >= 0.3 is 0 Å². The number of ether oxygens (including phenoxy) is 1. The smallest absolute Gasteiger partial charge is 0.192 e. The average Bonchev–Trinajstić information content (AvgIpc) is 3.37. The highest BCUT2D eigenvalue weighted by Crippen LogP contribution is 2.27. The van der Waals surface area contributed by atoms with Crippen LogP contribution in [0.4, 0.5) is 0 Å². The molecule has 166 valence electrons. The van der Waals surface area contributed by atoms with Crippen molar-refractivity contribution in [2.24, 2.45) is 5.16 Å². The van der Waals surface area contributed by atoms with Crippen molar-refractivity contribution in [1.29, 1.82) is 0 Å². The third-order valence-corrected chi connectivity index (χ3v) is 5.76. The van der Waals surface area contributed by atoms with E-state index in [0.717, 1.165) is 40.1 Å². The van der Waals surface area contributed by atoms with Crippen LogP contribution in [0.1, 0.15) is 28.2 Å². The second kappa shape index (κ2) is 8.74. The molecule has 8 heteroatoms. The van der Waals surface area contributed by atoms with Crippen molar-refractivity contribution in [3.05, 3.63) is 89.1 Å². The van der Waals surface area contributed by atoms with Crippen LogP contribution in [-0.4, -0.2) is 37.5 Å². The Balaban J connectivity index is 1.39. The summed E-state index contributed by atoms with van der Waals surface area (Å²) in [6.45, 7) is 5.14. The van der Waals surface area contributed by atoms with E-state index in [-0.39, 0.29) is 6.61 Å². The van der Waals surface area contributed by atoms with Crippen molar-refractivity contribution in [2.75, 3.05) is 7.11 Å². The Hall–Kier alpha value is -4.20. The van der Waals surface area contributed by atoms with Gasteiger partial charge in [0.25, 0.3) is 0 Å². The van der Waals surface area contributed by atoms with Gasteiger partial charge in [0.1, 0.15) is 17.7 Å². The highest BCUT2D eigenvalue weighted by molar-refractivity contribution is 5.93. The van der Waals surface area contributed by atoms with Gasteiger partial charge in [-0.2, -0.15) is 0 Å². The van der Waals surface area contributed by atoms with Crippen LogP contribution in [0.2, 0.25) is 0 Å². The fourth-order valence-corrected chi connectivity index (χ4v) is 3.88. The number of aromatic nitrogens is 5. The zero-order valence-electron chi connectivity index (χ0n) is 18.8. The van der Waals surface area contributed by atoms with Crippen LogP contribution in [0, 0.1) is 13.8 Å². The summed E-state index contributed by atoms with van der Waals surface area (Å²) in [5, 5.41) is 9.55. The Kier molecular flexibility index (Phi) is 5.48. The lowest BCUT2D eigenvalue weighted by atomic mass is 10.2. The number of rotatable bonds is 7.